The molecule has 1 aliphatic carbocycles. The first kappa shape index (κ1) is 13.9. The SMILES string of the molecule is c1cc(CNc2nnc(C3CC3)s2)cc(OC2CCOC2)n1. The molecule has 0 aromatic carbocycles. The second-order valence-electron chi connectivity index (χ2n) is 5.68. The highest BCUT2D eigenvalue weighted by Crippen LogP contribution is 2.42. The zero-order valence-electron chi connectivity index (χ0n) is 12.2. The average Bonchev–Trinajstić information content (AvgIpc) is 3.06. The van der Waals surface area contributed by atoms with Gasteiger partial charge in [-0.25, -0.2) is 4.98 Å². The van der Waals surface area contributed by atoms with Crippen LogP contribution in [0, 0.1) is 0 Å². The minimum absolute atomic E-state index is 0.125. The van der Waals surface area contributed by atoms with Crippen molar-refractivity contribution >= 4 is 16.5 Å². The Balaban J connectivity index is 1.35. The summed E-state index contributed by atoms with van der Waals surface area (Å²) < 4.78 is 11.1. The summed E-state index contributed by atoms with van der Waals surface area (Å²) in [6.07, 6.45) is 5.34. The van der Waals surface area contributed by atoms with Gasteiger partial charge < -0.3 is 14.8 Å². The van der Waals surface area contributed by atoms with Gasteiger partial charge >= 0.3 is 0 Å². The summed E-state index contributed by atoms with van der Waals surface area (Å²) in [5, 5.41) is 13.8. The number of pyridine rings is 1. The molecule has 1 N–H and O–H groups in total. The van der Waals surface area contributed by atoms with Crippen LogP contribution in [0.15, 0.2) is 18.3 Å². The number of hydrogen-bond donors (Lipinski definition) is 1. The summed E-state index contributed by atoms with van der Waals surface area (Å²) in [6.45, 7) is 2.12. The molecule has 1 atom stereocenters. The van der Waals surface area contributed by atoms with Crippen molar-refractivity contribution in [3.63, 3.8) is 0 Å². The molecule has 0 bridgehead atoms. The lowest BCUT2D eigenvalue weighted by Gasteiger charge is -2.11. The summed E-state index contributed by atoms with van der Waals surface area (Å²) in [5.41, 5.74) is 1.12. The van der Waals surface area contributed by atoms with Crippen LogP contribution in [0.3, 0.4) is 0 Å². The van der Waals surface area contributed by atoms with Gasteiger partial charge in [-0.05, 0) is 24.5 Å². The van der Waals surface area contributed by atoms with E-state index < -0.39 is 0 Å². The van der Waals surface area contributed by atoms with Crippen LogP contribution in [0.25, 0.3) is 0 Å². The third-order valence-electron chi connectivity index (χ3n) is 3.79. The molecule has 116 valence electrons. The van der Waals surface area contributed by atoms with Crippen LogP contribution in [0.1, 0.15) is 35.8 Å². The predicted octanol–water partition coefficient (Wildman–Crippen LogP) is 2.59. The monoisotopic (exact) mass is 318 g/mol. The molecule has 0 radical (unpaired) electrons. The molecule has 1 saturated carbocycles. The Bertz CT molecular complexity index is 638. The molecule has 6 nitrogen and oxygen atoms in total. The molecule has 0 amide bonds. The van der Waals surface area contributed by atoms with Crippen molar-refractivity contribution in [1.29, 1.82) is 0 Å². The topological polar surface area (TPSA) is 69.2 Å². The maximum atomic E-state index is 5.82. The van der Waals surface area contributed by atoms with Gasteiger partial charge in [0.1, 0.15) is 11.1 Å². The summed E-state index contributed by atoms with van der Waals surface area (Å²) in [7, 11) is 0. The predicted molar refractivity (Wildman–Crippen MR) is 83.3 cm³/mol. The zero-order chi connectivity index (χ0) is 14.8. The van der Waals surface area contributed by atoms with E-state index in [4.69, 9.17) is 9.47 Å². The van der Waals surface area contributed by atoms with Crippen molar-refractivity contribution in [1.82, 2.24) is 15.2 Å². The molecular weight excluding hydrogens is 300 g/mol. The second kappa shape index (κ2) is 6.18. The molecule has 2 fully saturated rings. The van der Waals surface area contributed by atoms with Crippen molar-refractivity contribution in [2.24, 2.45) is 0 Å². The Labute approximate surface area is 132 Å². The maximum Gasteiger partial charge on any atom is 0.213 e. The van der Waals surface area contributed by atoms with E-state index in [2.05, 4.69) is 20.5 Å². The first-order chi connectivity index (χ1) is 10.9. The number of nitrogens with zero attached hydrogens (tertiary/aromatic N) is 3. The lowest BCUT2D eigenvalue weighted by atomic mass is 10.2. The van der Waals surface area contributed by atoms with Gasteiger partial charge in [-0.2, -0.15) is 0 Å². The van der Waals surface area contributed by atoms with Crippen LogP contribution in [-0.2, 0) is 11.3 Å². The fourth-order valence-corrected chi connectivity index (χ4v) is 3.29. The van der Waals surface area contributed by atoms with Gasteiger partial charge in [0.25, 0.3) is 0 Å². The van der Waals surface area contributed by atoms with Crippen molar-refractivity contribution in [3.05, 3.63) is 28.9 Å². The number of hydrogen-bond acceptors (Lipinski definition) is 7. The average molecular weight is 318 g/mol. The van der Waals surface area contributed by atoms with Crippen molar-refractivity contribution < 1.29 is 9.47 Å². The molecule has 2 aromatic heterocycles. The fourth-order valence-electron chi connectivity index (χ4n) is 2.38. The van der Waals surface area contributed by atoms with Crippen LogP contribution >= 0.6 is 11.3 Å². The molecule has 1 saturated heterocycles. The van der Waals surface area contributed by atoms with Crippen LogP contribution in [0.4, 0.5) is 5.13 Å². The Kier molecular flexibility index (Phi) is 3.90. The lowest BCUT2D eigenvalue weighted by Crippen LogP contribution is -2.16. The van der Waals surface area contributed by atoms with E-state index in [1.54, 1.807) is 17.5 Å². The summed E-state index contributed by atoms with van der Waals surface area (Å²) >= 11 is 1.66. The number of aromatic nitrogens is 3. The van der Waals surface area contributed by atoms with Crippen LogP contribution in [0.5, 0.6) is 5.88 Å². The molecule has 3 heterocycles. The fraction of sp³-hybridized carbons (Fsp3) is 0.533. The molecule has 1 aliphatic heterocycles. The van der Waals surface area contributed by atoms with Gasteiger partial charge in [-0.3, -0.25) is 0 Å². The summed E-state index contributed by atoms with van der Waals surface area (Å²) in [4.78, 5) is 4.26. The Morgan fingerprint density at radius 2 is 2.27 bits per heavy atom. The summed E-state index contributed by atoms with van der Waals surface area (Å²) in [6, 6.07) is 3.95. The van der Waals surface area contributed by atoms with Gasteiger partial charge in [0.05, 0.1) is 13.2 Å². The Morgan fingerprint density at radius 3 is 3.09 bits per heavy atom. The highest BCUT2D eigenvalue weighted by Gasteiger charge is 2.27. The Morgan fingerprint density at radius 1 is 1.32 bits per heavy atom. The molecule has 2 aromatic rings. The van der Waals surface area contributed by atoms with E-state index in [1.807, 2.05) is 12.1 Å². The minimum atomic E-state index is 0.125. The van der Waals surface area contributed by atoms with Crippen LogP contribution < -0.4 is 10.1 Å². The van der Waals surface area contributed by atoms with Gasteiger partial charge in [0.2, 0.25) is 11.0 Å². The van der Waals surface area contributed by atoms with E-state index in [0.717, 1.165) is 28.7 Å². The Hall–Kier alpha value is -1.73. The number of ether oxygens (including phenoxy) is 2. The highest BCUT2D eigenvalue weighted by atomic mass is 32.1. The quantitative estimate of drug-likeness (QED) is 0.883. The molecule has 4 rings (SSSR count). The van der Waals surface area contributed by atoms with Crippen molar-refractivity contribution in [2.75, 3.05) is 18.5 Å². The van der Waals surface area contributed by atoms with E-state index in [1.165, 1.54) is 12.8 Å². The smallest absolute Gasteiger partial charge is 0.213 e. The molecular formula is C15H18N4O2S. The number of rotatable bonds is 6. The van der Waals surface area contributed by atoms with Crippen molar-refractivity contribution in [2.45, 2.75) is 37.8 Å². The molecule has 2 aliphatic rings. The van der Waals surface area contributed by atoms with Crippen LogP contribution in [0.2, 0.25) is 0 Å². The lowest BCUT2D eigenvalue weighted by molar-refractivity contribution is 0.138. The normalized spacial score (nSPS) is 21.0. The first-order valence-corrected chi connectivity index (χ1v) is 8.45. The van der Waals surface area contributed by atoms with E-state index >= 15 is 0 Å². The zero-order valence-corrected chi connectivity index (χ0v) is 13.0. The number of nitrogens with one attached hydrogen (secondary N) is 1. The van der Waals surface area contributed by atoms with E-state index in [-0.39, 0.29) is 6.10 Å². The maximum absolute atomic E-state index is 5.82. The minimum Gasteiger partial charge on any atom is -0.472 e. The van der Waals surface area contributed by atoms with Gasteiger partial charge in [0, 0.05) is 31.1 Å². The highest BCUT2D eigenvalue weighted by molar-refractivity contribution is 7.15. The van der Waals surface area contributed by atoms with E-state index in [0.29, 0.717) is 24.9 Å². The van der Waals surface area contributed by atoms with Gasteiger partial charge in [-0.1, -0.05) is 11.3 Å². The van der Waals surface area contributed by atoms with Gasteiger partial charge in [0.15, 0.2) is 0 Å². The summed E-state index contributed by atoms with van der Waals surface area (Å²) in [5.74, 6) is 1.31. The van der Waals surface area contributed by atoms with Crippen molar-refractivity contribution in [3.8, 4) is 5.88 Å². The third kappa shape index (κ3) is 3.36. The molecule has 1 unspecified atom stereocenters. The molecule has 7 heteroatoms. The standard InChI is InChI=1S/C15H18N4O2S/c1-2-11(1)14-18-19-15(22-14)17-8-10-3-5-16-13(7-10)21-12-4-6-20-9-12/h3,5,7,11-12H,1-2,4,6,8-9H2,(H,17,19). The second-order valence-corrected chi connectivity index (χ2v) is 6.69. The molecule has 0 spiro atoms. The van der Waals surface area contributed by atoms with E-state index in [9.17, 15) is 0 Å². The molecule has 22 heavy (non-hydrogen) atoms. The van der Waals surface area contributed by atoms with Crippen LogP contribution in [-0.4, -0.2) is 34.5 Å². The number of anilines is 1. The third-order valence-corrected chi connectivity index (χ3v) is 4.83. The first-order valence-electron chi connectivity index (χ1n) is 7.63. The van der Waals surface area contributed by atoms with Gasteiger partial charge in [-0.15, -0.1) is 10.2 Å². The largest absolute Gasteiger partial charge is 0.472 e.